The number of nitrogens with zero attached hydrogens (tertiary/aromatic N) is 1. The van der Waals surface area contributed by atoms with E-state index in [-0.39, 0.29) is 30.5 Å². The molecule has 2 aliphatic rings. The van der Waals surface area contributed by atoms with Gasteiger partial charge in [-0.15, -0.1) is 11.3 Å². The third-order valence-electron chi connectivity index (χ3n) is 5.54. The predicted molar refractivity (Wildman–Crippen MR) is 116 cm³/mol. The van der Waals surface area contributed by atoms with E-state index in [0.717, 1.165) is 30.6 Å². The zero-order chi connectivity index (χ0) is 21.8. The number of hydrazine groups is 1. The summed E-state index contributed by atoms with van der Waals surface area (Å²) < 4.78 is 0. The molecular formula is C22H24N4O4S. The van der Waals surface area contributed by atoms with E-state index in [1.54, 1.807) is 24.3 Å². The first-order valence-electron chi connectivity index (χ1n) is 10.4. The van der Waals surface area contributed by atoms with Crippen LogP contribution >= 0.6 is 11.3 Å². The molecule has 4 rings (SSSR count). The number of imide groups is 1. The molecule has 0 atom stereocenters. The number of aryl methyl sites for hydroxylation is 2. The Kier molecular flexibility index (Phi) is 6.31. The van der Waals surface area contributed by atoms with Crippen LogP contribution in [0.2, 0.25) is 0 Å². The van der Waals surface area contributed by atoms with Crippen LogP contribution in [0.5, 0.6) is 0 Å². The summed E-state index contributed by atoms with van der Waals surface area (Å²) in [5, 5.41) is 2.46. The molecule has 2 heterocycles. The van der Waals surface area contributed by atoms with E-state index < -0.39 is 11.9 Å². The van der Waals surface area contributed by atoms with Gasteiger partial charge in [-0.25, -0.2) is 4.79 Å². The molecular weight excluding hydrogens is 416 g/mol. The fourth-order valence-corrected chi connectivity index (χ4v) is 5.01. The first kappa shape index (κ1) is 21.0. The molecule has 1 aromatic carbocycles. The van der Waals surface area contributed by atoms with Crippen LogP contribution in [0.3, 0.4) is 0 Å². The molecule has 162 valence electrons. The minimum absolute atomic E-state index is 0.0140. The number of rotatable bonds is 4. The molecule has 0 saturated carbocycles. The Morgan fingerprint density at radius 1 is 1.00 bits per heavy atom. The quantitative estimate of drug-likeness (QED) is 0.502. The normalized spacial score (nSPS) is 16.2. The summed E-state index contributed by atoms with van der Waals surface area (Å²) in [6.07, 6.45) is 6.70. The van der Waals surface area contributed by atoms with Gasteiger partial charge in [-0.3, -0.25) is 30.1 Å². The molecule has 31 heavy (non-hydrogen) atoms. The molecule has 8 nitrogen and oxygen atoms in total. The average molecular weight is 441 g/mol. The molecule has 0 radical (unpaired) electrons. The van der Waals surface area contributed by atoms with Crippen LogP contribution in [0.1, 0.15) is 61.7 Å². The van der Waals surface area contributed by atoms with Gasteiger partial charge in [-0.2, -0.15) is 0 Å². The Hall–Kier alpha value is -3.20. The molecule has 0 spiro atoms. The monoisotopic (exact) mass is 440 g/mol. The van der Waals surface area contributed by atoms with Crippen molar-refractivity contribution in [2.24, 2.45) is 0 Å². The van der Waals surface area contributed by atoms with Crippen LogP contribution in [-0.2, 0) is 24.2 Å². The molecule has 1 aromatic heterocycles. The van der Waals surface area contributed by atoms with Crippen LogP contribution in [0, 0.1) is 0 Å². The van der Waals surface area contributed by atoms with E-state index in [2.05, 4.69) is 16.2 Å². The van der Waals surface area contributed by atoms with Gasteiger partial charge in [0.2, 0.25) is 5.91 Å². The molecule has 0 bridgehead atoms. The first-order valence-corrected chi connectivity index (χ1v) is 11.2. The van der Waals surface area contributed by atoms with Crippen molar-refractivity contribution in [1.29, 1.82) is 0 Å². The summed E-state index contributed by atoms with van der Waals surface area (Å²) in [5.74, 6) is -1.20. The Morgan fingerprint density at radius 3 is 2.52 bits per heavy atom. The summed E-state index contributed by atoms with van der Waals surface area (Å²) in [6, 6.07) is 8.12. The lowest BCUT2D eigenvalue weighted by Crippen LogP contribution is -2.42. The molecule has 5 amide bonds. The van der Waals surface area contributed by atoms with Crippen molar-refractivity contribution >= 4 is 35.1 Å². The number of thiophene rings is 1. The van der Waals surface area contributed by atoms with Gasteiger partial charge in [0.05, 0.1) is 18.0 Å². The molecule has 1 aliphatic carbocycles. The zero-order valence-corrected chi connectivity index (χ0v) is 17.8. The number of hydrogen-bond acceptors (Lipinski definition) is 5. The van der Waals surface area contributed by atoms with Crippen LogP contribution in [0.4, 0.5) is 4.79 Å². The number of urea groups is 1. The fourth-order valence-electron chi connectivity index (χ4n) is 3.86. The van der Waals surface area contributed by atoms with Crippen molar-refractivity contribution in [3.8, 4) is 0 Å². The van der Waals surface area contributed by atoms with Crippen LogP contribution < -0.4 is 16.2 Å². The molecule has 1 fully saturated rings. The fraction of sp³-hybridized carbons (Fsp3) is 0.364. The van der Waals surface area contributed by atoms with Crippen LogP contribution in [0.15, 0.2) is 30.3 Å². The van der Waals surface area contributed by atoms with E-state index >= 15 is 0 Å². The smallest absolute Gasteiger partial charge is 0.324 e. The van der Waals surface area contributed by atoms with Crippen molar-refractivity contribution in [2.45, 2.75) is 45.1 Å². The van der Waals surface area contributed by atoms with Crippen molar-refractivity contribution in [3.05, 3.63) is 56.8 Å². The third-order valence-corrected chi connectivity index (χ3v) is 6.77. The number of carbonyl (C=O) groups is 4. The maximum Gasteiger partial charge on any atom is 0.324 e. The number of amides is 5. The van der Waals surface area contributed by atoms with Gasteiger partial charge in [0.15, 0.2) is 0 Å². The van der Waals surface area contributed by atoms with Crippen molar-refractivity contribution in [2.75, 3.05) is 6.54 Å². The Labute approximate surface area is 184 Å². The lowest BCUT2D eigenvalue weighted by atomic mass is 10.00. The Bertz CT molecular complexity index is 991. The second kappa shape index (κ2) is 9.30. The van der Waals surface area contributed by atoms with E-state index in [1.807, 2.05) is 6.07 Å². The van der Waals surface area contributed by atoms with Crippen molar-refractivity contribution < 1.29 is 19.2 Å². The molecule has 1 aliphatic heterocycles. The summed E-state index contributed by atoms with van der Waals surface area (Å²) in [6.45, 7) is -0.0616. The number of fused-ring (bicyclic) bond motifs is 1. The van der Waals surface area contributed by atoms with Crippen LogP contribution in [-0.4, -0.2) is 35.2 Å². The zero-order valence-electron chi connectivity index (χ0n) is 17.0. The summed E-state index contributed by atoms with van der Waals surface area (Å²) in [5.41, 5.74) is 6.98. The largest absolute Gasteiger partial charge is 0.329 e. The molecule has 0 unspecified atom stereocenters. The van der Waals surface area contributed by atoms with Gasteiger partial charge in [-0.05, 0) is 48.9 Å². The standard InChI is InChI=1S/C22H24N4O4S/c27-19-12-23-22(30)26(19)13-15-8-5-6-9-16(15)20(28)24-25-21(29)18-11-14-7-3-1-2-4-10-17(14)31-18/h5-6,8-9,11H,1-4,7,10,12-13H2,(H,23,30)(H,24,28)(H,25,29). The highest BCUT2D eigenvalue weighted by molar-refractivity contribution is 7.14. The average Bonchev–Trinajstić information content (AvgIpc) is 3.29. The Balaban J connectivity index is 1.41. The highest BCUT2D eigenvalue weighted by atomic mass is 32.1. The maximum absolute atomic E-state index is 12.7. The molecule has 2 aromatic rings. The number of nitrogens with one attached hydrogen (secondary N) is 3. The maximum atomic E-state index is 12.7. The topological polar surface area (TPSA) is 108 Å². The van der Waals surface area contributed by atoms with Crippen molar-refractivity contribution in [3.63, 3.8) is 0 Å². The second-order valence-corrected chi connectivity index (χ2v) is 8.81. The van der Waals surface area contributed by atoms with E-state index in [1.165, 1.54) is 34.6 Å². The number of hydrogen-bond donors (Lipinski definition) is 3. The lowest BCUT2D eigenvalue weighted by Gasteiger charge is -2.15. The van der Waals surface area contributed by atoms with E-state index in [9.17, 15) is 19.2 Å². The van der Waals surface area contributed by atoms with Gasteiger partial charge >= 0.3 is 6.03 Å². The van der Waals surface area contributed by atoms with Crippen LogP contribution in [0.25, 0.3) is 0 Å². The van der Waals surface area contributed by atoms with Gasteiger partial charge in [0, 0.05) is 10.4 Å². The number of benzene rings is 1. The van der Waals surface area contributed by atoms with Gasteiger partial charge < -0.3 is 5.32 Å². The number of carbonyl (C=O) groups excluding carboxylic acids is 4. The van der Waals surface area contributed by atoms with Gasteiger partial charge in [-0.1, -0.05) is 31.0 Å². The first-order chi connectivity index (χ1) is 15.0. The lowest BCUT2D eigenvalue weighted by molar-refractivity contribution is -0.125. The predicted octanol–water partition coefficient (Wildman–Crippen LogP) is 2.53. The van der Waals surface area contributed by atoms with E-state index in [0.29, 0.717) is 10.4 Å². The minimum Gasteiger partial charge on any atom is -0.329 e. The second-order valence-electron chi connectivity index (χ2n) is 7.68. The SMILES string of the molecule is O=C(NNC(=O)c1ccccc1CN1C(=O)CNC1=O)c1cc2c(s1)CCCCCC2. The van der Waals surface area contributed by atoms with Gasteiger partial charge in [0.25, 0.3) is 11.8 Å². The highest BCUT2D eigenvalue weighted by Gasteiger charge is 2.29. The molecule has 3 N–H and O–H groups in total. The van der Waals surface area contributed by atoms with E-state index in [4.69, 9.17) is 0 Å². The van der Waals surface area contributed by atoms with Gasteiger partial charge in [0.1, 0.15) is 0 Å². The summed E-state index contributed by atoms with van der Waals surface area (Å²) in [4.78, 5) is 51.9. The summed E-state index contributed by atoms with van der Waals surface area (Å²) >= 11 is 1.49. The highest BCUT2D eigenvalue weighted by Crippen LogP contribution is 2.28. The summed E-state index contributed by atoms with van der Waals surface area (Å²) in [7, 11) is 0. The Morgan fingerprint density at radius 2 is 1.74 bits per heavy atom. The molecule has 1 saturated heterocycles. The third kappa shape index (κ3) is 4.77. The molecule has 9 heteroatoms. The van der Waals surface area contributed by atoms with Crippen molar-refractivity contribution in [1.82, 2.24) is 21.1 Å². The minimum atomic E-state index is -0.508.